The van der Waals surface area contributed by atoms with Gasteiger partial charge in [-0.15, -0.1) is 5.10 Å². The summed E-state index contributed by atoms with van der Waals surface area (Å²) in [5, 5.41) is 15.5. The van der Waals surface area contributed by atoms with Crippen LogP contribution in [0.1, 0.15) is 29.0 Å². The number of fused-ring (bicyclic) bond motifs is 1. The van der Waals surface area contributed by atoms with Gasteiger partial charge in [0.2, 0.25) is 0 Å². The van der Waals surface area contributed by atoms with Gasteiger partial charge in [0.15, 0.2) is 5.69 Å². The maximum atomic E-state index is 12.3. The number of nitrogens with one attached hydrogen (secondary N) is 3. The molecule has 1 aliphatic rings. The van der Waals surface area contributed by atoms with Crippen molar-refractivity contribution in [2.24, 2.45) is 5.92 Å². The predicted molar refractivity (Wildman–Crippen MR) is 95.1 cm³/mol. The second-order valence-electron chi connectivity index (χ2n) is 6.60. The molecule has 0 radical (unpaired) electrons. The third-order valence-electron chi connectivity index (χ3n) is 4.64. The lowest BCUT2D eigenvalue weighted by atomic mass is 10.00. The second kappa shape index (κ2) is 7.06. The Kier molecular flexibility index (Phi) is 4.47. The average Bonchev–Trinajstić information content (AvgIpc) is 3.27. The van der Waals surface area contributed by atoms with Crippen molar-refractivity contribution >= 4 is 16.8 Å². The van der Waals surface area contributed by atoms with Crippen LogP contribution in [0.15, 0.2) is 36.5 Å². The molecule has 1 aliphatic heterocycles. The van der Waals surface area contributed by atoms with E-state index in [-0.39, 0.29) is 5.91 Å². The normalized spacial score (nSPS) is 17.7. The van der Waals surface area contributed by atoms with Crippen LogP contribution in [0.4, 0.5) is 0 Å². The Morgan fingerprint density at radius 3 is 3.12 bits per heavy atom. The van der Waals surface area contributed by atoms with Crippen molar-refractivity contribution in [3.63, 3.8) is 0 Å². The van der Waals surface area contributed by atoms with Crippen molar-refractivity contribution < 1.29 is 4.79 Å². The van der Waals surface area contributed by atoms with E-state index in [0.29, 0.717) is 18.2 Å². The van der Waals surface area contributed by atoms with Gasteiger partial charge in [0.25, 0.3) is 5.91 Å². The van der Waals surface area contributed by atoms with Gasteiger partial charge < -0.3 is 15.6 Å². The molecule has 1 aromatic carbocycles. The Labute approximate surface area is 145 Å². The maximum Gasteiger partial charge on any atom is 0.273 e. The SMILES string of the molecule is O=C(NCc1cc2ccccc2[nH]1)c1cn(CC2CCCNC2)nn1. The zero-order chi connectivity index (χ0) is 17.1. The third kappa shape index (κ3) is 3.71. The summed E-state index contributed by atoms with van der Waals surface area (Å²) in [5.41, 5.74) is 2.40. The van der Waals surface area contributed by atoms with Crippen LogP contribution in [0.25, 0.3) is 10.9 Å². The van der Waals surface area contributed by atoms with Crippen molar-refractivity contribution in [3.8, 4) is 0 Å². The van der Waals surface area contributed by atoms with E-state index in [4.69, 9.17) is 0 Å². The molecule has 3 heterocycles. The van der Waals surface area contributed by atoms with Gasteiger partial charge in [-0.1, -0.05) is 23.4 Å². The number of amides is 1. The molecule has 4 rings (SSSR count). The molecule has 1 fully saturated rings. The fourth-order valence-corrected chi connectivity index (χ4v) is 3.33. The van der Waals surface area contributed by atoms with Crippen LogP contribution in [0, 0.1) is 5.92 Å². The summed E-state index contributed by atoms with van der Waals surface area (Å²) in [7, 11) is 0. The van der Waals surface area contributed by atoms with Crippen LogP contribution >= 0.6 is 0 Å². The fourth-order valence-electron chi connectivity index (χ4n) is 3.33. The first-order valence-corrected chi connectivity index (χ1v) is 8.73. The number of nitrogens with zero attached hydrogens (tertiary/aromatic N) is 3. The van der Waals surface area contributed by atoms with Gasteiger partial charge in [0.1, 0.15) is 0 Å². The number of carbonyl (C=O) groups is 1. The van der Waals surface area contributed by atoms with Gasteiger partial charge in [-0.3, -0.25) is 9.48 Å². The van der Waals surface area contributed by atoms with Crippen LogP contribution < -0.4 is 10.6 Å². The molecule has 0 aliphatic carbocycles. The minimum atomic E-state index is -0.202. The lowest BCUT2D eigenvalue weighted by Gasteiger charge is -2.22. The molecule has 7 heteroatoms. The summed E-state index contributed by atoms with van der Waals surface area (Å²) < 4.78 is 1.77. The number of hydrogen-bond donors (Lipinski definition) is 3. The van der Waals surface area contributed by atoms with Gasteiger partial charge in [-0.25, -0.2) is 0 Å². The van der Waals surface area contributed by atoms with Gasteiger partial charge in [0.05, 0.1) is 12.7 Å². The van der Waals surface area contributed by atoms with Gasteiger partial charge in [0, 0.05) is 17.8 Å². The predicted octanol–water partition coefficient (Wildman–Crippen LogP) is 1.69. The Bertz CT molecular complexity index is 828. The van der Waals surface area contributed by atoms with E-state index in [0.717, 1.165) is 36.2 Å². The number of H-pyrrole nitrogens is 1. The lowest BCUT2D eigenvalue weighted by molar-refractivity contribution is 0.0945. The summed E-state index contributed by atoms with van der Waals surface area (Å²) in [4.78, 5) is 15.6. The molecule has 7 nitrogen and oxygen atoms in total. The summed E-state index contributed by atoms with van der Waals surface area (Å²) in [5.74, 6) is 0.351. The number of rotatable bonds is 5. The molecule has 1 amide bonds. The molecule has 1 atom stereocenters. The lowest BCUT2D eigenvalue weighted by Crippen LogP contribution is -2.32. The minimum absolute atomic E-state index is 0.202. The van der Waals surface area contributed by atoms with E-state index in [1.165, 1.54) is 12.8 Å². The van der Waals surface area contributed by atoms with E-state index in [9.17, 15) is 4.79 Å². The fraction of sp³-hybridized carbons (Fsp3) is 0.389. The number of hydrogen-bond acceptors (Lipinski definition) is 4. The number of aromatic amines is 1. The highest BCUT2D eigenvalue weighted by Crippen LogP contribution is 2.14. The van der Waals surface area contributed by atoms with Gasteiger partial charge in [-0.05, 0) is 49.4 Å². The summed E-state index contributed by atoms with van der Waals surface area (Å²) in [6.07, 6.45) is 4.11. The number of piperidine rings is 1. The molecule has 0 spiro atoms. The first-order chi connectivity index (χ1) is 12.3. The topological polar surface area (TPSA) is 87.6 Å². The molecule has 1 saturated heterocycles. The first kappa shape index (κ1) is 15.8. The van der Waals surface area contributed by atoms with Gasteiger partial charge >= 0.3 is 0 Å². The average molecular weight is 338 g/mol. The highest BCUT2D eigenvalue weighted by molar-refractivity contribution is 5.91. The van der Waals surface area contributed by atoms with Crippen molar-refractivity contribution in [3.05, 3.63) is 47.9 Å². The van der Waals surface area contributed by atoms with E-state index >= 15 is 0 Å². The third-order valence-corrected chi connectivity index (χ3v) is 4.64. The highest BCUT2D eigenvalue weighted by atomic mass is 16.2. The van der Waals surface area contributed by atoms with E-state index in [1.54, 1.807) is 10.9 Å². The summed E-state index contributed by atoms with van der Waals surface area (Å²) in [6, 6.07) is 10.1. The Morgan fingerprint density at radius 2 is 2.28 bits per heavy atom. The highest BCUT2D eigenvalue weighted by Gasteiger charge is 2.16. The molecular weight excluding hydrogens is 316 g/mol. The Hall–Kier alpha value is -2.67. The Balaban J connectivity index is 1.34. The van der Waals surface area contributed by atoms with Crippen molar-refractivity contribution in [1.82, 2.24) is 30.6 Å². The number of benzene rings is 1. The summed E-state index contributed by atoms with van der Waals surface area (Å²) >= 11 is 0. The van der Waals surface area contributed by atoms with Crippen molar-refractivity contribution in [2.75, 3.05) is 13.1 Å². The van der Waals surface area contributed by atoms with Crippen LogP contribution in [0.5, 0.6) is 0 Å². The molecular formula is C18H22N6O. The van der Waals surface area contributed by atoms with E-state index in [2.05, 4.69) is 25.9 Å². The molecule has 3 N–H and O–H groups in total. The number of para-hydroxylation sites is 1. The molecule has 0 bridgehead atoms. The van der Waals surface area contributed by atoms with E-state index in [1.807, 2.05) is 30.3 Å². The second-order valence-corrected chi connectivity index (χ2v) is 6.60. The van der Waals surface area contributed by atoms with Crippen molar-refractivity contribution in [1.29, 1.82) is 0 Å². The molecule has 25 heavy (non-hydrogen) atoms. The molecule has 1 unspecified atom stereocenters. The van der Waals surface area contributed by atoms with Gasteiger partial charge in [-0.2, -0.15) is 0 Å². The van der Waals surface area contributed by atoms with Crippen LogP contribution in [0.3, 0.4) is 0 Å². The van der Waals surface area contributed by atoms with Crippen LogP contribution in [0.2, 0.25) is 0 Å². The number of carbonyl (C=O) groups excluding carboxylic acids is 1. The zero-order valence-corrected chi connectivity index (χ0v) is 14.0. The molecule has 0 saturated carbocycles. The minimum Gasteiger partial charge on any atom is -0.357 e. The number of aromatic nitrogens is 4. The quantitative estimate of drug-likeness (QED) is 0.661. The zero-order valence-electron chi connectivity index (χ0n) is 14.0. The van der Waals surface area contributed by atoms with E-state index < -0.39 is 0 Å². The largest absolute Gasteiger partial charge is 0.357 e. The first-order valence-electron chi connectivity index (χ1n) is 8.73. The Morgan fingerprint density at radius 1 is 1.36 bits per heavy atom. The maximum absolute atomic E-state index is 12.3. The smallest absolute Gasteiger partial charge is 0.273 e. The van der Waals surface area contributed by atoms with Crippen molar-refractivity contribution in [2.45, 2.75) is 25.9 Å². The molecule has 2 aromatic heterocycles. The standard InChI is InChI=1S/C18H22N6O/c25-18(20-10-15-8-14-5-1-2-6-16(14)21-15)17-12-24(23-22-17)11-13-4-3-7-19-9-13/h1-2,5-6,8,12-13,19,21H,3-4,7,9-11H2,(H,20,25). The summed E-state index contributed by atoms with van der Waals surface area (Å²) in [6.45, 7) is 3.33. The molecule has 3 aromatic rings. The van der Waals surface area contributed by atoms with Crippen LogP contribution in [-0.4, -0.2) is 39.0 Å². The van der Waals surface area contributed by atoms with Crippen LogP contribution in [-0.2, 0) is 13.1 Å². The molecule has 130 valence electrons. The monoisotopic (exact) mass is 338 g/mol.